The minimum absolute atomic E-state index is 0.110. The molecule has 0 heterocycles. The van der Waals surface area contributed by atoms with Gasteiger partial charge in [-0.3, -0.25) is 20.2 Å². The highest BCUT2D eigenvalue weighted by molar-refractivity contribution is 5.82. The molecule has 0 amide bonds. The fraction of sp³-hybridized carbons (Fsp3) is 0.214. The summed E-state index contributed by atoms with van der Waals surface area (Å²) in [5.41, 5.74) is 0.0647. The zero-order chi connectivity index (χ0) is 26.7. The third kappa shape index (κ3) is 6.77. The number of aliphatic hydroxyl groups is 2. The van der Waals surface area contributed by atoms with Gasteiger partial charge in [0.15, 0.2) is 0 Å². The van der Waals surface area contributed by atoms with Gasteiger partial charge in [0.25, 0.3) is 11.4 Å². The molecule has 0 spiro atoms. The van der Waals surface area contributed by atoms with E-state index in [0.29, 0.717) is 33.4 Å². The van der Waals surface area contributed by atoms with Crippen LogP contribution in [0.1, 0.15) is 38.8 Å². The Morgan fingerprint density at radius 1 is 0.667 bits per heavy atom. The standard InChI is InChI=1S/C28H24N2O6/c1-27(2,31)13-11-21-17-26(20-8-6-10-24(16-20)30(35)36)22(12-14-28(3,4)32)18-25(21)19-7-5-9-23(15-19)29(33)34/h5-10,15-18,31-32H,1-4H3. The van der Waals surface area contributed by atoms with Crippen molar-refractivity contribution in [3.8, 4) is 45.9 Å². The van der Waals surface area contributed by atoms with Gasteiger partial charge >= 0.3 is 0 Å². The SMILES string of the molecule is CC(C)(O)C#Cc1cc(-c2cccc([N+](=O)[O-])c2)c(C#CC(C)(C)O)cc1-c1cccc([N+](=O)[O-])c1. The highest BCUT2D eigenvalue weighted by Gasteiger charge is 2.17. The molecular weight excluding hydrogens is 460 g/mol. The number of nitro benzene ring substituents is 2. The van der Waals surface area contributed by atoms with E-state index in [-0.39, 0.29) is 11.4 Å². The van der Waals surface area contributed by atoms with Crippen LogP contribution in [0.25, 0.3) is 22.3 Å². The van der Waals surface area contributed by atoms with Crippen LogP contribution in [0.3, 0.4) is 0 Å². The number of rotatable bonds is 4. The molecule has 182 valence electrons. The van der Waals surface area contributed by atoms with Crippen LogP contribution in [0.15, 0.2) is 60.7 Å². The van der Waals surface area contributed by atoms with Gasteiger partial charge in [0.05, 0.1) is 9.85 Å². The summed E-state index contributed by atoms with van der Waals surface area (Å²) in [6.07, 6.45) is 0. The fourth-order valence-electron chi connectivity index (χ4n) is 3.30. The van der Waals surface area contributed by atoms with Crippen LogP contribution in [0, 0.1) is 43.9 Å². The summed E-state index contributed by atoms with van der Waals surface area (Å²) in [7, 11) is 0. The van der Waals surface area contributed by atoms with Crippen molar-refractivity contribution < 1.29 is 20.1 Å². The average Bonchev–Trinajstić information content (AvgIpc) is 2.80. The molecule has 0 fully saturated rings. The lowest BCUT2D eigenvalue weighted by Gasteiger charge is -2.14. The van der Waals surface area contributed by atoms with Gasteiger partial charge in [0.2, 0.25) is 0 Å². The molecule has 0 radical (unpaired) electrons. The van der Waals surface area contributed by atoms with E-state index in [1.165, 1.54) is 52.0 Å². The van der Waals surface area contributed by atoms with Crippen molar-refractivity contribution in [2.45, 2.75) is 38.9 Å². The zero-order valence-electron chi connectivity index (χ0n) is 20.2. The van der Waals surface area contributed by atoms with Crippen LogP contribution in [0.2, 0.25) is 0 Å². The maximum atomic E-state index is 11.4. The Balaban J connectivity index is 2.40. The van der Waals surface area contributed by atoms with Crippen molar-refractivity contribution >= 4 is 11.4 Å². The van der Waals surface area contributed by atoms with Gasteiger partial charge in [-0.05, 0) is 62.1 Å². The topological polar surface area (TPSA) is 127 Å². The molecule has 3 rings (SSSR count). The summed E-state index contributed by atoms with van der Waals surface area (Å²) in [5, 5.41) is 43.1. The number of nitro groups is 2. The van der Waals surface area contributed by atoms with E-state index in [1.807, 2.05) is 0 Å². The van der Waals surface area contributed by atoms with Gasteiger partial charge in [0, 0.05) is 35.4 Å². The molecule has 0 saturated carbocycles. The molecule has 3 aromatic carbocycles. The van der Waals surface area contributed by atoms with Crippen LogP contribution >= 0.6 is 0 Å². The molecule has 8 nitrogen and oxygen atoms in total. The van der Waals surface area contributed by atoms with Crippen LogP contribution in [0.4, 0.5) is 11.4 Å². The van der Waals surface area contributed by atoms with Crippen LogP contribution in [0.5, 0.6) is 0 Å². The number of hydrogen-bond acceptors (Lipinski definition) is 6. The predicted octanol–water partition coefficient (Wildman–Crippen LogP) is 5.08. The predicted molar refractivity (Wildman–Crippen MR) is 137 cm³/mol. The quantitative estimate of drug-likeness (QED) is 0.302. The lowest BCUT2D eigenvalue weighted by molar-refractivity contribution is -0.385. The van der Waals surface area contributed by atoms with Crippen molar-refractivity contribution in [3.05, 3.63) is 92.0 Å². The monoisotopic (exact) mass is 484 g/mol. The van der Waals surface area contributed by atoms with E-state index in [4.69, 9.17) is 0 Å². The lowest BCUT2D eigenvalue weighted by Crippen LogP contribution is -2.14. The third-order valence-corrected chi connectivity index (χ3v) is 4.90. The Hall–Kier alpha value is -4.50. The first kappa shape index (κ1) is 26.1. The Bertz CT molecular complexity index is 1360. The first-order valence-electron chi connectivity index (χ1n) is 10.9. The Kier molecular flexibility index (Phi) is 7.26. The maximum Gasteiger partial charge on any atom is 0.270 e. The molecule has 0 aliphatic rings. The fourth-order valence-corrected chi connectivity index (χ4v) is 3.30. The van der Waals surface area contributed by atoms with Crippen molar-refractivity contribution in [1.29, 1.82) is 0 Å². The maximum absolute atomic E-state index is 11.4. The summed E-state index contributed by atoms with van der Waals surface area (Å²) >= 11 is 0. The van der Waals surface area contributed by atoms with E-state index >= 15 is 0 Å². The van der Waals surface area contributed by atoms with Crippen LogP contribution < -0.4 is 0 Å². The minimum atomic E-state index is -1.31. The van der Waals surface area contributed by atoms with Crippen molar-refractivity contribution in [2.24, 2.45) is 0 Å². The van der Waals surface area contributed by atoms with Gasteiger partial charge < -0.3 is 10.2 Å². The molecular formula is C28H24N2O6. The van der Waals surface area contributed by atoms with Crippen molar-refractivity contribution in [3.63, 3.8) is 0 Å². The normalized spacial score (nSPS) is 11.1. The summed E-state index contributed by atoms with van der Waals surface area (Å²) in [6.45, 7) is 6.10. The van der Waals surface area contributed by atoms with Gasteiger partial charge in [-0.15, -0.1) is 0 Å². The summed E-state index contributed by atoms with van der Waals surface area (Å²) in [6, 6.07) is 15.4. The van der Waals surface area contributed by atoms with Crippen molar-refractivity contribution in [1.82, 2.24) is 0 Å². The smallest absolute Gasteiger partial charge is 0.270 e. The average molecular weight is 485 g/mol. The molecule has 0 aliphatic carbocycles. The summed E-state index contributed by atoms with van der Waals surface area (Å²) in [4.78, 5) is 21.7. The van der Waals surface area contributed by atoms with Crippen molar-refractivity contribution in [2.75, 3.05) is 0 Å². The second-order valence-electron chi connectivity index (χ2n) is 9.18. The third-order valence-electron chi connectivity index (χ3n) is 4.90. The van der Waals surface area contributed by atoms with E-state index in [1.54, 1.807) is 36.4 Å². The van der Waals surface area contributed by atoms with Gasteiger partial charge in [-0.2, -0.15) is 0 Å². The first-order chi connectivity index (χ1) is 16.7. The number of benzene rings is 3. The molecule has 8 heteroatoms. The molecule has 2 N–H and O–H groups in total. The second-order valence-corrected chi connectivity index (χ2v) is 9.18. The first-order valence-corrected chi connectivity index (χ1v) is 10.9. The Morgan fingerprint density at radius 3 is 1.33 bits per heavy atom. The second kappa shape index (κ2) is 10.0. The largest absolute Gasteiger partial charge is 0.378 e. The molecule has 3 aromatic rings. The van der Waals surface area contributed by atoms with E-state index in [2.05, 4.69) is 23.7 Å². The lowest BCUT2D eigenvalue weighted by atomic mass is 9.90. The number of hydrogen-bond donors (Lipinski definition) is 2. The highest BCUT2D eigenvalue weighted by Crippen LogP contribution is 2.34. The molecule has 0 unspecified atom stereocenters. The number of non-ortho nitro benzene ring substituents is 2. The van der Waals surface area contributed by atoms with E-state index in [9.17, 15) is 30.4 Å². The van der Waals surface area contributed by atoms with Gasteiger partial charge in [0.1, 0.15) is 11.2 Å². The van der Waals surface area contributed by atoms with Crippen LogP contribution in [-0.2, 0) is 0 Å². The minimum Gasteiger partial charge on any atom is -0.378 e. The molecule has 36 heavy (non-hydrogen) atoms. The molecule has 0 saturated heterocycles. The Labute approximate surface area is 208 Å². The molecule has 0 bridgehead atoms. The zero-order valence-corrected chi connectivity index (χ0v) is 20.2. The summed E-state index contributed by atoms with van der Waals surface area (Å²) in [5.74, 6) is 11.4. The van der Waals surface area contributed by atoms with E-state index in [0.717, 1.165) is 0 Å². The molecule has 0 aromatic heterocycles. The van der Waals surface area contributed by atoms with E-state index < -0.39 is 21.0 Å². The summed E-state index contributed by atoms with van der Waals surface area (Å²) < 4.78 is 0. The van der Waals surface area contributed by atoms with Gasteiger partial charge in [-0.25, -0.2) is 0 Å². The molecule has 0 aliphatic heterocycles. The van der Waals surface area contributed by atoms with Gasteiger partial charge in [-0.1, -0.05) is 47.9 Å². The Morgan fingerprint density at radius 2 is 1.03 bits per heavy atom. The highest BCUT2D eigenvalue weighted by atomic mass is 16.6. The number of nitrogens with zero attached hydrogens (tertiary/aromatic N) is 2. The van der Waals surface area contributed by atoms with Crippen LogP contribution in [-0.4, -0.2) is 31.3 Å². The molecule has 0 atom stereocenters.